The van der Waals surface area contributed by atoms with E-state index in [9.17, 15) is 9.59 Å². The molecule has 1 aliphatic rings. The molecule has 4 heteroatoms. The number of carbonyl (C=O) groups excluding carboxylic acids is 2. The lowest BCUT2D eigenvalue weighted by Crippen LogP contribution is -2.54. The summed E-state index contributed by atoms with van der Waals surface area (Å²) in [6.07, 6.45) is 0.466. The molecule has 1 heterocycles. The van der Waals surface area contributed by atoms with Crippen LogP contribution in [0.2, 0.25) is 0 Å². The Morgan fingerprint density at radius 3 is 2.67 bits per heavy atom. The first-order chi connectivity index (χ1) is 8.65. The summed E-state index contributed by atoms with van der Waals surface area (Å²) in [4.78, 5) is 25.0. The molecule has 1 aromatic carbocycles. The Bertz CT molecular complexity index is 444. The Labute approximate surface area is 107 Å². The van der Waals surface area contributed by atoms with Crippen molar-refractivity contribution in [3.05, 3.63) is 35.9 Å². The van der Waals surface area contributed by atoms with Gasteiger partial charge in [-0.2, -0.15) is 0 Å². The highest BCUT2D eigenvalue weighted by Crippen LogP contribution is 2.36. The highest BCUT2D eigenvalue weighted by molar-refractivity contribution is 5.89. The van der Waals surface area contributed by atoms with E-state index in [2.05, 4.69) is 0 Å². The van der Waals surface area contributed by atoms with Crippen molar-refractivity contribution in [2.75, 3.05) is 6.61 Å². The van der Waals surface area contributed by atoms with Crippen LogP contribution in [0.15, 0.2) is 30.3 Å². The van der Waals surface area contributed by atoms with Gasteiger partial charge in [0.15, 0.2) is 0 Å². The van der Waals surface area contributed by atoms with Crippen LogP contribution in [0.1, 0.15) is 31.9 Å². The van der Waals surface area contributed by atoms with Crippen LogP contribution in [-0.2, 0) is 14.3 Å². The fraction of sp³-hybridized carbons (Fsp3) is 0.429. The lowest BCUT2D eigenvalue weighted by Gasteiger charge is -2.43. The Kier molecular flexibility index (Phi) is 3.65. The Morgan fingerprint density at radius 1 is 1.44 bits per heavy atom. The van der Waals surface area contributed by atoms with Gasteiger partial charge in [-0.3, -0.25) is 4.79 Å². The number of likely N-dealkylation sites (tertiary alicyclic amines) is 1. The van der Waals surface area contributed by atoms with Crippen molar-refractivity contribution in [1.29, 1.82) is 0 Å². The molecular formula is C14H17NO3. The highest BCUT2D eigenvalue weighted by Gasteiger charge is 2.42. The van der Waals surface area contributed by atoms with Gasteiger partial charge in [-0.15, -0.1) is 0 Å². The number of hydrogen-bond acceptors (Lipinski definition) is 3. The fourth-order valence-electron chi connectivity index (χ4n) is 2.25. The normalized spacial score (nSPS) is 20.2. The van der Waals surface area contributed by atoms with E-state index in [0.717, 1.165) is 5.56 Å². The summed E-state index contributed by atoms with van der Waals surface area (Å²) in [7, 11) is 0. The zero-order valence-corrected chi connectivity index (χ0v) is 10.6. The summed E-state index contributed by atoms with van der Waals surface area (Å²) >= 11 is 0. The third-order valence-electron chi connectivity index (χ3n) is 3.22. The number of β-lactam (4-membered cyclic amide) rings is 1. The van der Waals surface area contributed by atoms with Gasteiger partial charge in [0, 0.05) is 0 Å². The average molecular weight is 247 g/mol. The molecule has 0 radical (unpaired) electrons. The van der Waals surface area contributed by atoms with E-state index < -0.39 is 6.04 Å². The van der Waals surface area contributed by atoms with E-state index in [0.29, 0.717) is 13.0 Å². The van der Waals surface area contributed by atoms with Crippen LogP contribution < -0.4 is 0 Å². The third kappa shape index (κ3) is 2.23. The van der Waals surface area contributed by atoms with Crippen LogP contribution >= 0.6 is 0 Å². The number of rotatable bonds is 4. The number of benzene rings is 1. The zero-order chi connectivity index (χ0) is 13.1. The molecule has 2 unspecified atom stereocenters. The summed E-state index contributed by atoms with van der Waals surface area (Å²) in [5.74, 6) is -0.337. The van der Waals surface area contributed by atoms with Crippen molar-refractivity contribution < 1.29 is 14.3 Å². The second kappa shape index (κ2) is 5.21. The second-order valence-electron chi connectivity index (χ2n) is 4.36. The van der Waals surface area contributed by atoms with Crippen LogP contribution in [0.4, 0.5) is 0 Å². The minimum atomic E-state index is -0.517. The molecule has 2 rings (SSSR count). The van der Waals surface area contributed by atoms with Crippen LogP contribution in [0.5, 0.6) is 0 Å². The predicted molar refractivity (Wildman–Crippen MR) is 66.7 cm³/mol. The molecule has 18 heavy (non-hydrogen) atoms. The molecule has 1 saturated heterocycles. The van der Waals surface area contributed by atoms with Gasteiger partial charge in [0.1, 0.15) is 6.04 Å². The van der Waals surface area contributed by atoms with Crippen molar-refractivity contribution in [3.8, 4) is 0 Å². The molecule has 0 N–H and O–H groups in total. The van der Waals surface area contributed by atoms with Crippen LogP contribution in [0.25, 0.3) is 0 Å². The molecule has 0 aromatic heterocycles. The molecule has 1 aliphatic heterocycles. The molecule has 0 saturated carbocycles. The summed E-state index contributed by atoms with van der Waals surface area (Å²) in [5.41, 5.74) is 1.06. The predicted octanol–water partition coefficient (Wildman–Crippen LogP) is 1.91. The van der Waals surface area contributed by atoms with Crippen molar-refractivity contribution >= 4 is 11.9 Å². The molecule has 4 nitrogen and oxygen atoms in total. The van der Waals surface area contributed by atoms with Gasteiger partial charge < -0.3 is 9.64 Å². The van der Waals surface area contributed by atoms with Crippen LogP contribution in [-0.4, -0.2) is 29.4 Å². The van der Waals surface area contributed by atoms with E-state index in [-0.39, 0.29) is 17.9 Å². The van der Waals surface area contributed by atoms with E-state index in [1.54, 1.807) is 18.7 Å². The second-order valence-corrected chi connectivity index (χ2v) is 4.36. The Morgan fingerprint density at radius 2 is 2.11 bits per heavy atom. The highest BCUT2D eigenvalue weighted by atomic mass is 16.5. The van der Waals surface area contributed by atoms with Gasteiger partial charge in [0.25, 0.3) is 0 Å². The number of nitrogens with zero attached hydrogens (tertiary/aromatic N) is 1. The van der Waals surface area contributed by atoms with Crippen LogP contribution in [0.3, 0.4) is 0 Å². The number of hydrogen-bond donors (Lipinski definition) is 0. The zero-order valence-electron chi connectivity index (χ0n) is 10.6. The summed E-state index contributed by atoms with van der Waals surface area (Å²) in [6.45, 7) is 3.81. The molecule has 96 valence electrons. The van der Waals surface area contributed by atoms with Gasteiger partial charge in [-0.05, 0) is 19.4 Å². The monoisotopic (exact) mass is 247 g/mol. The van der Waals surface area contributed by atoms with Crippen molar-refractivity contribution in [1.82, 2.24) is 4.90 Å². The SMILES string of the molecule is CCOC(=O)C(C)N1C(=O)CC1c1ccccc1. The maximum atomic E-state index is 11.7. The summed E-state index contributed by atoms with van der Waals surface area (Å²) in [6, 6.07) is 9.23. The molecular weight excluding hydrogens is 230 g/mol. The minimum Gasteiger partial charge on any atom is -0.464 e. The maximum absolute atomic E-state index is 11.7. The standard InChI is InChI=1S/C14H17NO3/c1-3-18-14(17)10(2)15-12(9-13(15)16)11-7-5-4-6-8-11/h4-8,10,12H,3,9H2,1-2H3. The average Bonchev–Trinajstić information content (AvgIpc) is 2.37. The van der Waals surface area contributed by atoms with Gasteiger partial charge in [-0.25, -0.2) is 4.79 Å². The van der Waals surface area contributed by atoms with Gasteiger partial charge in [0.05, 0.1) is 19.1 Å². The largest absolute Gasteiger partial charge is 0.464 e. The first kappa shape index (κ1) is 12.6. The smallest absolute Gasteiger partial charge is 0.328 e. The third-order valence-corrected chi connectivity index (χ3v) is 3.22. The molecule has 0 bridgehead atoms. The Hall–Kier alpha value is -1.84. The van der Waals surface area contributed by atoms with Crippen molar-refractivity contribution in [2.45, 2.75) is 32.4 Å². The molecule has 0 spiro atoms. The van der Waals surface area contributed by atoms with Crippen molar-refractivity contribution in [3.63, 3.8) is 0 Å². The van der Waals surface area contributed by atoms with E-state index >= 15 is 0 Å². The molecule has 1 aromatic rings. The van der Waals surface area contributed by atoms with E-state index in [1.807, 2.05) is 30.3 Å². The van der Waals surface area contributed by atoms with Gasteiger partial charge in [-0.1, -0.05) is 30.3 Å². The summed E-state index contributed by atoms with van der Waals surface area (Å²) < 4.78 is 4.96. The van der Waals surface area contributed by atoms with Gasteiger partial charge in [0.2, 0.25) is 5.91 Å². The molecule has 1 amide bonds. The lowest BCUT2D eigenvalue weighted by atomic mass is 9.92. The maximum Gasteiger partial charge on any atom is 0.328 e. The van der Waals surface area contributed by atoms with E-state index in [4.69, 9.17) is 4.74 Å². The first-order valence-electron chi connectivity index (χ1n) is 6.18. The fourth-order valence-corrected chi connectivity index (χ4v) is 2.25. The molecule has 1 fully saturated rings. The molecule has 2 atom stereocenters. The van der Waals surface area contributed by atoms with Crippen molar-refractivity contribution in [2.24, 2.45) is 0 Å². The topological polar surface area (TPSA) is 46.6 Å². The van der Waals surface area contributed by atoms with Crippen LogP contribution in [0, 0.1) is 0 Å². The number of ether oxygens (including phenoxy) is 1. The Balaban J connectivity index is 2.11. The number of esters is 1. The van der Waals surface area contributed by atoms with E-state index in [1.165, 1.54) is 0 Å². The number of amides is 1. The quantitative estimate of drug-likeness (QED) is 0.603. The van der Waals surface area contributed by atoms with Gasteiger partial charge >= 0.3 is 5.97 Å². The first-order valence-corrected chi connectivity index (χ1v) is 6.18. The number of carbonyl (C=O) groups is 2. The molecule has 0 aliphatic carbocycles. The summed E-state index contributed by atoms with van der Waals surface area (Å²) in [5, 5.41) is 0. The minimum absolute atomic E-state index is 0.00175. The lowest BCUT2D eigenvalue weighted by molar-refractivity contribution is -0.164.